The number of amides is 1. The van der Waals surface area contributed by atoms with Crippen molar-refractivity contribution in [3.63, 3.8) is 0 Å². The van der Waals surface area contributed by atoms with Crippen LogP contribution in [0.25, 0.3) is 5.69 Å². The lowest BCUT2D eigenvalue weighted by molar-refractivity contribution is 0.0702. The van der Waals surface area contributed by atoms with E-state index in [-0.39, 0.29) is 11.8 Å². The minimum atomic E-state index is 0.0993. The maximum absolute atomic E-state index is 13.7. The summed E-state index contributed by atoms with van der Waals surface area (Å²) in [4.78, 5) is 15.8. The van der Waals surface area contributed by atoms with E-state index in [9.17, 15) is 4.79 Å². The van der Waals surface area contributed by atoms with Crippen LogP contribution >= 0.6 is 0 Å². The molecular formula is C27H33N5O3. The maximum Gasteiger partial charge on any atom is 0.255 e. The minimum absolute atomic E-state index is 0.0993. The van der Waals surface area contributed by atoms with Gasteiger partial charge in [-0.1, -0.05) is 6.42 Å². The molecule has 5 heterocycles. The molecule has 1 aromatic carbocycles. The third kappa shape index (κ3) is 3.98. The molecule has 0 saturated carbocycles. The van der Waals surface area contributed by atoms with Crippen molar-refractivity contribution in [2.75, 3.05) is 26.3 Å². The second-order valence-electron chi connectivity index (χ2n) is 9.98. The number of likely N-dealkylation sites (tertiary alicyclic amines) is 1. The number of hydrogen-bond acceptors (Lipinski definition) is 5. The van der Waals surface area contributed by atoms with E-state index in [4.69, 9.17) is 9.47 Å². The number of fused-ring (bicyclic) bond motifs is 2. The minimum Gasteiger partial charge on any atom is -0.486 e. The van der Waals surface area contributed by atoms with Crippen molar-refractivity contribution in [2.45, 2.75) is 64.8 Å². The fraction of sp³-hybridized carbons (Fsp3) is 0.519. The summed E-state index contributed by atoms with van der Waals surface area (Å²) >= 11 is 0. The molecule has 0 spiro atoms. The molecular weight excluding hydrogens is 442 g/mol. The van der Waals surface area contributed by atoms with Crippen LogP contribution in [0.2, 0.25) is 0 Å². The van der Waals surface area contributed by atoms with E-state index in [1.165, 1.54) is 19.3 Å². The topological polar surface area (TPSA) is 74.4 Å². The smallest absolute Gasteiger partial charge is 0.255 e. The zero-order chi connectivity index (χ0) is 23.9. The zero-order valence-corrected chi connectivity index (χ0v) is 20.6. The highest BCUT2D eigenvalue weighted by atomic mass is 16.6. The molecule has 0 bridgehead atoms. The number of carbonyl (C=O) groups excluding carboxylic acids is 1. The van der Waals surface area contributed by atoms with Gasteiger partial charge in [0.2, 0.25) is 0 Å². The Balaban J connectivity index is 1.25. The molecule has 1 amide bonds. The normalized spacial score (nSPS) is 19.8. The summed E-state index contributed by atoms with van der Waals surface area (Å²) in [5.41, 5.74) is 3.71. The second-order valence-corrected chi connectivity index (χ2v) is 9.98. The van der Waals surface area contributed by atoms with Crippen LogP contribution in [-0.2, 0) is 13.0 Å². The lowest BCUT2D eigenvalue weighted by Crippen LogP contribution is -2.40. The van der Waals surface area contributed by atoms with Crippen molar-refractivity contribution in [1.82, 2.24) is 24.2 Å². The van der Waals surface area contributed by atoms with E-state index >= 15 is 0 Å². The molecule has 0 aliphatic carbocycles. The number of aromatic nitrogens is 4. The Bertz CT molecular complexity index is 1260. The first-order chi connectivity index (χ1) is 17.1. The lowest BCUT2D eigenvalue weighted by Gasteiger charge is -2.32. The number of carbonyl (C=O) groups is 1. The van der Waals surface area contributed by atoms with E-state index in [2.05, 4.69) is 19.3 Å². The fourth-order valence-corrected chi connectivity index (χ4v) is 5.90. The Hall–Kier alpha value is -3.29. The number of ether oxygens (including phenoxy) is 2. The Morgan fingerprint density at radius 2 is 1.83 bits per heavy atom. The predicted molar refractivity (Wildman–Crippen MR) is 132 cm³/mol. The van der Waals surface area contributed by atoms with E-state index in [1.54, 1.807) is 0 Å². The summed E-state index contributed by atoms with van der Waals surface area (Å²) in [5.74, 6) is 4.05. The van der Waals surface area contributed by atoms with Crippen LogP contribution in [0, 0.1) is 13.8 Å². The van der Waals surface area contributed by atoms with Gasteiger partial charge in [-0.05, 0) is 57.7 Å². The van der Waals surface area contributed by atoms with Crippen LogP contribution in [0.3, 0.4) is 0 Å². The number of rotatable bonds is 3. The first-order valence-electron chi connectivity index (χ1n) is 12.9. The van der Waals surface area contributed by atoms with Gasteiger partial charge in [-0.2, -0.15) is 0 Å². The number of piperidine rings is 1. The number of hydrogen-bond donors (Lipinski definition) is 0. The summed E-state index contributed by atoms with van der Waals surface area (Å²) in [6.07, 6.45) is 6.66. The zero-order valence-electron chi connectivity index (χ0n) is 20.6. The van der Waals surface area contributed by atoms with Crippen molar-refractivity contribution >= 4 is 5.91 Å². The van der Waals surface area contributed by atoms with E-state index in [1.807, 2.05) is 43.0 Å². The number of aryl methyl sites for hydroxylation is 2. The maximum atomic E-state index is 13.7. The highest BCUT2D eigenvalue weighted by Crippen LogP contribution is 2.34. The van der Waals surface area contributed by atoms with E-state index < -0.39 is 0 Å². The molecule has 1 atom stereocenters. The van der Waals surface area contributed by atoms with Gasteiger partial charge >= 0.3 is 0 Å². The predicted octanol–water partition coefficient (Wildman–Crippen LogP) is 4.20. The molecule has 3 aromatic rings. The molecule has 8 nitrogen and oxygen atoms in total. The monoisotopic (exact) mass is 475 g/mol. The number of benzene rings is 1. The van der Waals surface area contributed by atoms with Gasteiger partial charge in [-0.3, -0.25) is 4.79 Å². The Labute approximate surface area is 205 Å². The van der Waals surface area contributed by atoms with E-state index in [0.29, 0.717) is 19.8 Å². The Morgan fingerprint density at radius 1 is 0.971 bits per heavy atom. The SMILES string of the molecule is Cc1cc(C(=O)N2CCCC(c3nnc4n3CCCCC4)C2)c(C)n1-c1ccc2c(c1)OCCO2. The quantitative estimate of drug-likeness (QED) is 0.568. The fourth-order valence-electron chi connectivity index (χ4n) is 5.90. The van der Waals surface area contributed by atoms with Gasteiger partial charge < -0.3 is 23.5 Å². The first kappa shape index (κ1) is 22.2. The third-order valence-electron chi connectivity index (χ3n) is 7.66. The molecule has 184 valence electrons. The molecule has 1 fully saturated rings. The summed E-state index contributed by atoms with van der Waals surface area (Å²) in [5, 5.41) is 9.09. The van der Waals surface area contributed by atoms with E-state index in [0.717, 1.165) is 78.1 Å². The highest BCUT2D eigenvalue weighted by Gasteiger charge is 2.31. The molecule has 1 saturated heterocycles. The van der Waals surface area contributed by atoms with Gasteiger partial charge in [0.05, 0.1) is 5.56 Å². The van der Waals surface area contributed by atoms with Crippen molar-refractivity contribution in [3.8, 4) is 17.2 Å². The highest BCUT2D eigenvalue weighted by molar-refractivity contribution is 5.96. The molecule has 35 heavy (non-hydrogen) atoms. The largest absolute Gasteiger partial charge is 0.486 e. The molecule has 3 aliphatic rings. The first-order valence-corrected chi connectivity index (χ1v) is 12.9. The van der Waals surface area contributed by atoms with Gasteiger partial charge in [0.1, 0.15) is 24.9 Å². The molecule has 8 heteroatoms. The molecule has 3 aliphatic heterocycles. The van der Waals surface area contributed by atoms with Crippen molar-refractivity contribution in [1.29, 1.82) is 0 Å². The van der Waals surface area contributed by atoms with Gasteiger partial charge in [0.15, 0.2) is 11.5 Å². The Morgan fingerprint density at radius 3 is 2.71 bits per heavy atom. The van der Waals surface area contributed by atoms with Crippen LogP contribution in [0.15, 0.2) is 24.3 Å². The van der Waals surface area contributed by atoms with Gasteiger partial charge in [0, 0.05) is 55.1 Å². The van der Waals surface area contributed by atoms with Crippen molar-refractivity contribution in [2.24, 2.45) is 0 Å². The van der Waals surface area contributed by atoms with Crippen LogP contribution in [0.4, 0.5) is 0 Å². The molecule has 0 N–H and O–H groups in total. The molecule has 6 rings (SSSR count). The second kappa shape index (κ2) is 9.06. The standard InChI is InChI=1S/C27H33N5O3/c1-18-15-22(19(2)32(18)21-9-10-23-24(16-21)35-14-13-34-23)27(33)30-11-6-7-20(17-30)26-29-28-25-8-4-3-5-12-31(25)26/h9-10,15-16,20H,3-8,11-14,17H2,1-2H3. The van der Waals surface area contributed by atoms with Crippen LogP contribution in [-0.4, -0.2) is 56.4 Å². The number of nitrogens with zero attached hydrogens (tertiary/aromatic N) is 5. The summed E-state index contributed by atoms with van der Waals surface area (Å²) < 4.78 is 15.9. The third-order valence-corrected chi connectivity index (χ3v) is 7.66. The van der Waals surface area contributed by atoms with Gasteiger partial charge in [-0.25, -0.2) is 0 Å². The average molecular weight is 476 g/mol. The van der Waals surface area contributed by atoms with Crippen LogP contribution in [0.1, 0.15) is 71.4 Å². The van der Waals surface area contributed by atoms with Crippen LogP contribution < -0.4 is 9.47 Å². The molecule has 1 unspecified atom stereocenters. The van der Waals surface area contributed by atoms with Gasteiger partial charge in [-0.15, -0.1) is 10.2 Å². The summed E-state index contributed by atoms with van der Waals surface area (Å²) in [7, 11) is 0. The Kier molecular flexibility index (Phi) is 5.74. The van der Waals surface area contributed by atoms with Crippen molar-refractivity contribution < 1.29 is 14.3 Å². The van der Waals surface area contributed by atoms with Gasteiger partial charge in [0.25, 0.3) is 5.91 Å². The van der Waals surface area contributed by atoms with Crippen molar-refractivity contribution in [3.05, 3.63) is 52.9 Å². The molecule has 0 radical (unpaired) electrons. The van der Waals surface area contributed by atoms with Crippen LogP contribution in [0.5, 0.6) is 11.5 Å². The lowest BCUT2D eigenvalue weighted by atomic mass is 9.96. The average Bonchev–Trinajstić information content (AvgIpc) is 3.33. The summed E-state index contributed by atoms with van der Waals surface area (Å²) in [6, 6.07) is 7.98. The molecule has 2 aromatic heterocycles. The summed E-state index contributed by atoms with van der Waals surface area (Å²) in [6.45, 7) is 7.67.